The van der Waals surface area contributed by atoms with Crippen LogP contribution in [0.15, 0.2) is 0 Å². The summed E-state index contributed by atoms with van der Waals surface area (Å²) in [6.45, 7) is 12.2. The van der Waals surface area contributed by atoms with Crippen LogP contribution in [0.3, 0.4) is 0 Å². The van der Waals surface area contributed by atoms with Crippen LogP contribution in [0.25, 0.3) is 0 Å². The Hall–Kier alpha value is -0.120. The summed E-state index contributed by atoms with van der Waals surface area (Å²) in [6.07, 6.45) is 8.41. The molecule has 3 heteroatoms. The lowest BCUT2D eigenvalue weighted by molar-refractivity contribution is 0.0997. The van der Waals surface area contributed by atoms with Crippen molar-refractivity contribution < 1.29 is 0 Å². The van der Waals surface area contributed by atoms with Crippen LogP contribution < -0.4 is 5.32 Å². The molecule has 112 valence electrons. The molecular formula is C16H33N3. The van der Waals surface area contributed by atoms with Crippen molar-refractivity contribution >= 4 is 0 Å². The predicted molar refractivity (Wildman–Crippen MR) is 82.6 cm³/mol. The van der Waals surface area contributed by atoms with Gasteiger partial charge >= 0.3 is 0 Å². The van der Waals surface area contributed by atoms with Gasteiger partial charge in [0.1, 0.15) is 0 Å². The molecule has 1 aliphatic heterocycles. The van der Waals surface area contributed by atoms with Crippen molar-refractivity contribution in [2.45, 2.75) is 64.5 Å². The lowest BCUT2D eigenvalue weighted by Crippen LogP contribution is -2.52. The molecule has 0 aromatic carbocycles. The lowest BCUT2D eigenvalue weighted by Gasteiger charge is -2.38. The summed E-state index contributed by atoms with van der Waals surface area (Å²) in [5, 5.41) is 3.80. The van der Waals surface area contributed by atoms with Crippen LogP contribution in [0.2, 0.25) is 0 Å². The van der Waals surface area contributed by atoms with Gasteiger partial charge in [-0.25, -0.2) is 0 Å². The molecule has 0 amide bonds. The summed E-state index contributed by atoms with van der Waals surface area (Å²) >= 11 is 0. The number of hydrogen-bond acceptors (Lipinski definition) is 3. The van der Waals surface area contributed by atoms with Gasteiger partial charge < -0.3 is 10.2 Å². The summed E-state index contributed by atoms with van der Waals surface area (Å²) in [4.78, 5) is 5.28. The number of nitrogens with zero attached hydrogens (tertiary/aromatic N) is 2. The number of piperazine rings is 1. The minimum Gasteiger partial charge on any atom is -0.312 e. The van der Waals surface area contributed by atoms with Gasteiger partial charge in [-0.05, 0) is 32.7 Å². The maximum absolute atomic E-state index is 3.80. The predicted octanol–water partition coefficient (Wildman–Crippen LogP) is 2.32. The normalized spacial score (nSPS) is 25.6. The summed E-state index contributed by atoms with van der Waals surface area (Å²) in [6, 6.07) is 1.50. The number of nitrogens with one attached hydrogen (secondary N) is 1. The van der Waals surface area contributed by atoms with E-state index in [0.29, 0.717) is 6.04 Å². The van der Waals surface area contributed by atoms with Crippen molar-refractivity contribution in [2.24, 2.45) is 0 Å². The van der Waals surface area contributed by atoms with Gasteiger partial charge in [0.25, 0.3) is 0 Å². The van der Waals surface area contributed by atoms with Crippen molar-refractivity contribution in [3.8, 4) is 0 Å². The van der Waals surface area contributed by atoms with Crippen LogP contribution in [0.1, 0.15) is 52.4 Å². The third kappa shape index (κ3) is 5.05. The highest BCUT2D eigenvalue weighted by atomic mass is 15.3. The van der Waals surface area contributed by atoms with Gasteiger partial charge in [0, 0.05) is 44.8 Å². The van der Waals surface area contributed by atoms with E-state index in [-0.39, 0.29) is 0 Å². The van der Waals surface area contributed by atoms with Crippen molar-refractivity contribution in [2.75, 3.05) is 39.3 Å². The minimum absolute atomic E-state index is 0.700. The lowest BCUT2D eigenvalue weighted by atomic mass is 9.95. The second kappa shape index (κ2) is 8.23. The van der Waals surface area contributed by atoms with E-state index in [1.54, 1.807) is 0 Å². The molecule has 2 rings (SSSR count). The molecule has 1 unspecified atom stereocenters. The van der Waals surface area contributed by atoms with Gasteiger partial charge in [0.05, 0.1) is 0 Å². The molecule has 0 bridgehead atoms. The zero-order chi connectivity index (χ0) is 13.5. The molecular weight excluding hydrogens is 234 g/mol. The van der Waals surface area contributed by atoms with Crippen LogP contribution in [-0.4, -0.2) is 61.2 Å². The van der Waals surface area contributed by atoms with Crippen LogP contribution >= 0.6 is 0 Å². The highest BCUT2D eigenvalue weighted by Crippen LogP contribution is 2.17. The van der Waals surface area contributed by atoms with Gasteiger partial charge in [0.2, 0.25) is 0 Å². The Morgan fingerprint density at radius 1 is 1.05 bits per heavy atom. The molecule has 19 heavy (non-hydrogen) atoms. The second-order valence-electron chi connectivity index (χ2n) is 6.47. The smallest absolute Gasteiger partial charge is 0.0193 e. The third-order valence-corrected chi connectivity index (χ3v) is 4.88. The molecule has 1 saturated heterocycles. The number of hydrogen-bond donors (Lipinski definition) is 1. The van der Waals surface area contributed by atoms with Crippen molar-refractivity contribution in [3.05, 3.63) is 0 Å². The van der Waals surface area contributed by atoms with Crippen molar-refractivity contribution in [3.63, 3.8) is 0 Å². The fourth-order valence-electron chi connectivity index (χ4n) is 3.52. The SMILES string of the molecule is CCCN1CCN(C(C)CNC2CCCCC2)CC1. The number of rotatable bonds is 6. The Balaban J connectivity index is 1.62. The first-order valence-electron chi connectivity index (χ1n) is 8.49. The molecule has 1 heterocycles. The van der Waals surface area contributed by atoms with Gasteiger partial charge in [-0.3, -0.25) is 4.90 Å². The summed E-state index contributed by atoms with van der Waals surface area (Å²) in [7, 11) is 0. The van der Waals surface area contributed by atoms with E-state index < -0.39 is 0 Å². The Labute approximate surface area is 119 Å². The first-order chi connectivity index (χ1) is 9.29. The quantitative estimate of drug-likeness (QED) is 0.797. The van der Waals surface area contributed by atoms with E-state index in [9.17, 15) is 0 Å². The zero-order valence-electron chi connectivity index (χ0n) is 13.0. The van der Waals surface area contributed by atoms with Gasteiger partial charge in [-0.1, -0.05) is 26.2 Å². The van der Waals surface area contributed by atoms with E-state index >= 15 is 0 Å². The van der Waals surface area contributed by atoms with E-state index in [0.717, 1.165) is 6.04 Å². The van der Waals surface area contributed by atoms with E-state index in [1.807, 2.05) is 0 Å². The zero-order valence-corrected chi connectivity index (χ0v) is 13.0. The molecule has 3 nitrogen and oxygen atoms in total. The fraction of sp³-hybridized carbons (Fsp3) is 1.00. The van der Waals surface area contributed by atoms with Crippen molar-refractivity contribution in [1.82, 2.24) is 15.1 Å². The van der Waals surface area contributed by atoms with E-state index in [2.05, 4.69) is 29.0 Å². The molecule has 0 spiro atoms. The molecule has 2 aliphatic rings. The average Bonchev–Trinajstić information content (AvgIpc) is 2.47. The summed E-state index contributed by atoms with van der Waals surface area (Å²) in [5.74, 6) is 0. The Morgan fingerprint density at radius 3 is 2.37 bits per heavy atom. The van der Waals surface area contributed by atoms with Gasteiger partial charge in [-0.2, -0.15) is 0 Å². The molecule has 0 aromatic rings. The Kier molecular flexibility index (Phi) is 6.62. The maximum atomic E-state index is 3.80. The van der Waals surface area contributed by atoms with Crippen LogP contribution in [0.4, 0.5) is 0 Å². The monoisotopic (exact) mass is 267 g/mol. The highest BCUT2D eigenvalue weighted by Gasteiger charge is 2.21. The Morgan fingerprint density at radius 2 is 1.74 bits per heavy atom. The summed E-state index contributed by atoms with van der Waals surface area (Å²) < 4.78 is 0. The first-order valence-corrected chi connectivity index (χ1v) is 8.49. The average molecular weight is 267 g/mol. The minimum atomic E-state index is 0.700. The van der Waals surface area contributed by atoms with Gasteiger partial charge in [-0.15, -0.1) is 0 Å². The summed E-state index contributed by atoms with van der Waals surface area (Å²) in [5.41, 5.74) is 0. The van der Waals surface area contributed by atoms with Crippen molar-refractivity contribution in [1.29, 1.82) is 0 Å². The molecule has 2 fully saturated rings. The molecule has 1 aliphatic carbocycles. The maximum Gasteiger partial charge on any atom is 0.0193 e. The van der Waals surface area contributed by atoms with Gasteiger partial charge in [0.15, 0.2) is 0 Å². The molecule has 0 radical (unpaired) electrons. The fourth-order valence-corrected chi connectivity index (χ4v) is 3.52. The molecule has 1 N–H and O–H groups in total. The molecule has 0 aromatic heterocycles. The van der Waals surface area contributed by atoms with Crippen LogP contribution in [-0.2, 0) is 0 Å². The largest absolute Gasteiger partial charge is 0.312 e. The molecule has 1 saturated carbocycles. The van der Waals surface area contributed by atoms with E-state index in [1.165, 1.54) is 77.8 Å². The Bertz CT molecular complexity index is 230. The van der Waals surface area contributed by atoms with E-state index in [4.69, 9.17) is 0 Å². The molecule has 1 atom stereocenters. The third-order valence-electron chi connectivity index (χ3n) is 4.88. The standard InChI is InChI=1S/C16H33N3/c1-3-9-18-10-12-19(13-11-18)15(2)14-17-16-7-5-4-6-8-16/h15-17H,3-14H2,1-2H3. The van der Waals surface area contributed by atoms with Crippen LogP contribution in [0, 0.1) is 0 Å². The second-order valence-corrected chi connectivity index (χ2v) is 6.47. The first kappa shape index (κ1) is 15.3. The topological polar surface area (TPSA) is 18.5 Å². The van der Waals surface area contributed by atoms with Crippen LogP contribution in [0.5, 0.6) is 0 Å². The highest BCUT2D eigenvalue weighted by molar-refractivity contribution is 4.79.